The van der Waals surface area contributed by atoms with Crippen LogP contribution in [0.5, 0.6) is 0 Å². The molecule has 6 aromatic rings. The third kappa shape index (κ3) is 9.86. The van der Waals surface area contributed by atoms with Gasteiger partial charge in [-0.2, -0.15) is 10.2 Å². The molecule has 0 aliphatic heterocycles. The van der Waals surface area contributed by atoms with Gasteiger partial charge in [0.1, 0.15) is 23.5 Å². The highest BCUT2D eigenvalue weighted by Gasteiger charge is 2.21. The molecule has 2 unspecified atom stereocenters. The molecule has 18 nitrogen and oxygen atoms in total. The zero-order valence-electron chi connectivity index (χ0n) is 35.8. The molecule has 318 valence electrons. The number of aromatic nitrogens is 6. The first-order valence-corrected chi connectivity index (χ1v) is 19.0. The summed E-state index contributed by atoms with van der Waals surface area (Å²) in [5.74, 6) is -2.81. The predicted octanol–water partition coefficient (Wildman–Crippen LogP) is 3.92. The minimum absolute atomic E-state index is 0.180. The van der Waals surface area contributed by atoms with Crippen LogP contribution in [0, 0.1) is 27.7 Å². The van der Waals surface area contributed by atoms with E-state index in [1.807, 2.05) is 27.7 Å². The van der Waals surface area contributed by atoms with Crippen LogP contribution in [0.25, 0.3) is 33.8 Å². The Kier molecular flexibility index (Phi) is 13.3. The minimum Gasteiger partial charge on any atom is -0.480 e. The number of rotatable bonds is 10. The topological polar surface area (TPSA) is 223 Å². The van der Waals surface area contributed by atoms with Crippen molar-refractivity contribution in [2.45, 2.75) is 53.6 Å². The number of ether oxygens (including phenoxy) is 1. The molecule has 4 heterocycles. The van der Waals surface area contributed by atoms with Crippen LogP contribution in [0.1, 0.15) is 78.1 Å². The Balaban J connectivity index is 0.000000231. The quantitative estimate of drug-likeness (QED) is 0.167. The number of carbonyl (C=O) groups is 6. The van der Waals surface area contributed by atoms with Gasteiger partial charge in [-0.15, -0.1) is 0 Å². The Labute approximate surface area is 351 Å². The van der Waals surface area contributed by atoms with Crippen LogP contribution >= 0.6 is 0 Å². The number of methoxy groups -OCH3 is 1. The lowest BCUT2D eigenvalue weighted by molar-refractivity contribution is -0.142. The van der Waals surface area contributed by atoms with Gasteiger partial charge in [0.05, 0.1) is 18.5 Å². The number of nitrogens with zero attached hydrogens (tertiary/aromatic N) is 8. The zero-order chi connectivity index (χ0) is 45.0. The van der Waals surface area contributed by atoms with Crippen molar-refractivity contribution >= 4 is 46.9 Å². The number of nitrogens with one attached hydrogen (secondary N) is 2. The van der Waals surface area contributed by atoms with Gasteiger partial charge in [-0.3, -0.25) is 24.0 Å². The van der Waals surface area contributed by atoms with Crippen molar-refractivity contribution in [3.63, 3.8) is 0 Å². The summed E-state index contributed by atoms with van der Waals surface area (Å²) in [6.45, 7) is 10.4. The number of carboxylic acids is 1. The molecule has 0 bridgehead atoms. The lowest BCUT2D eigenvalue weighted by atomic mass is 10.0. The molecular formula is C43H48N10O8. The van der Waals surface area contributed by atoms with Gasteiger partial charge in [-0.1, -0.05) is 12.1 Å². The molecule has 0 aliphatic rings. The maximum atomic E-state index is 12.4. The van der Waals surface area contributed by atoms with Crippen LogP contribution in [-0.4, -0.2) is 127 Å². The Morgan fingerprint density at radius 2 is 1.02 bits per heavy atom. The molecule has 0 spiro atoms. The predicted molar refractivity (Wildman–Crippen MR) is 225 cm³/mol. The Bertz CT molecular complexity index is 2720. The second-order valence-corrected chi connectivity index (χ2v) is 14.9. The van der Waals surface area contributed by atoms with E-state index in [9.17, 15) is 28.8 Å². The highest BCUT2D eigenvalue weighted by molar-refractivity contribution is 5.98. The van der Waals surface area contributed by atoms with E-state index in [4.69, 9.17) is 5.11 Å². The summed E-state index contributed by atoms with van der Waals surface area (Å²) < 4.78 is 7.97. The highest BCUT2D eigenvalue weighted by atomic mass is 16.5. The number of benzene rings is 2. The number of aryl methyl sites for hydroxylation is 4. The summed E-state index contributed by atoms with van der Waals surface area (Å²) in [6, 6.07) is 15.5. The number of carboxylic acid groups (broad SMARTS) is 1. The summed E-state index contributed by atoms with van der Waals surface area (Å²) in [7, 11) is 7.97. The molecule has 2 atom stereocenters. The van der Waals surface area contributed by atoms with E-state index >= 15 is 0 Å². The molecular weight excluding hydrogens is 785 g/mol. The summed E-state index contributed by atoms with van der Waals surface area (Å²) in [5.41, 5.74) is 8.76. The summed E-state index contributed by atoms with van der Waals surface area (Å²) in [5, 5.41) is 23.2. The SMILES string of the molecule is COC(=O)C(C)NC(=O)c1ccc(-c2cc3nc(C(=O)N(C)C)cc(C)n3n2)c(C)c1.Cc1cc(C(=O)NC(C)C(=O)O)ccc1-c1cc2nc(C(=O)N(C)C)cc(C)n2n1. The normalized spacial score (nSPS) is 11.9. The van der Waals surface area contributed by atoms with Crippen LogP contribution in [0.15, 0.2) is 60.7 Å². The van der Waals surface area contributed by atoms with Crippen molar-refractivity contribution in [1.29, 1.82) is 0 Å². The Morgan fingerprint density at radius 1 is 0.623 bits per heavy atom. The molecule has 18 heteroatoms. The molecule has 3 N–H and O–H groups in total. The van der Waals surface area contributed by atoms with Crippen LogP contribution in [0.3, 0.4) is 0 Å². The average Bonchev–Trinajstić information content (AvgIpc) is 3.85. The van der Waals surface area contributed by atoms with Crippen molar-refractivity contribution < 1.29 is 38.6 Å². The van der Waals surface area contributed by atoms with Crippen molar-refractivity contribution in [2.75, 3.05) is 35.3 Å². The first kappa shape index (κ1) is 44.6. The lowest BCUT2D eigenvalue weighted by Gasteiger charge is -2.12. The van der Waals surface area contributed by atoms with Gasteiger partial charge in [-0.25, -0.2) is 23.8 Å². The number of carbonyl (C=O) groups excluding carboxylic acids is 5. The molecule has 6 rings (SSSR count). The maximum Gasteiger partial charge on any atom is 0.328 e. The standard InChI is InChI=1S/C22H25N5O4.C21H23N5O4/c1-12-9-15(20(28)23-14(3)22(30)31-6)7-8-16(12)17-11-19-24-18(21(29)26(4)5)10-13(2)27(19)25-17;1-11-8-14(19(27)22-13(3)21(29)30)6-7-15(11)16-10-18-23-17(20(28)25(4)5)9-12(2)26(18)24-16/h7-11,14H,1-6H3,(H,23,28);6-10,13H,1-5H3,(H,22,27)(H,29,30). The fraction of sp³-hybridized carbons (Fsp3) is 0.302. The van der Waals surface area contributed by atoms with Gasteiger partial charge in [0.15, 0.2) is 11.3 Å². The zero-order valence-corrected chi connectivity index (χ0v) is 35.8. The van der Waals surface area contributed by atoms with Gasteiger partial charge >= 0.3 is 11.9 Å². The van der Waals surface area contributed by atoms with Gasteiger partial charge in [0.25, 0.3) is 23.6 Å². The van der Waals surface area contributed by atoms with Crippen molar-refractivity contribution in [3.05, 3.63) is 106 Å². The molecule has 0 saturated heterocycles. The van der Waals surface area contributed by atoms with Crippen molar-refractivity contribution in [3.8, 4) is 22.5 Å². The van der Waals surface area contributed by atoms with Crippen LogP contribution in [0.4, 0.5) is 0 Å². The van der Waals surface area contributed by atoms with E-state index in [1.54, 1.807) is 105 Å². The van der Waals surface area contributed by atoms with E-state index in [1.165, 1.54) is 23.8 Å². The third-order valence-corrected chi connectivity index (χ3v) is 9.61. The highest BCUT2D eigenvalue weighted by Crippen LogP contribution is 2.27. The van der Waals surface area contributed by atoms with E-state index in [2.05, 4.69) is 35.5 Å². The number of hydrogen-bond donors (Lipinski definition) is 3. The molecule has 2 aromatic carbocycles. The molecule has 4 amide bonds. The number of esters is 1. The number of fused-ring (bicyclic) bond motifs is 2. The molecule has 61 heavy (non-hydrogen) atoms. The van der Waals surface area contributed by atoms with E-state index < -0.39 is 29.9 Å². The second kappa shape index (κ2) is 18.2. The van der Waals surface area contributed by atoms with E-state index in [0.29, 0.717) is 45.2 Å². The minimum atomic E-state index is -1.10. The molecule has 0 saturated carbocycles. The van der Waals surface area contributed by atoms with Gasteiger partial charge in [-0.05, 0) is 89.1 Å². The number of aliphatic carboxylic acids is 1. The second-order valence-electron chi connectivity index (χ2n) is 14.9. The monoisotopic (exact) mass is 832 g/mol. The smallest absolute Gasteiger partial charge is 0.328 e. The van der Waals surface area contributed by atoms with Crippen LogP contribution in [-0.2, 0) is 14.3 Å². The molecule has 0 radical (unpaired) electrons. The van der Waals surface area contributed by atoms with E-state index in [0.717, 1.165) is 33.6 Å². The van der Waals surface area contributed by atoms with Crippen LogP contribution in [0.2, 0.25) is 0 Å². The molecule has 0 aliphatic carbocycles. The fourth-order valence-electron chi connectivity index (χ4n) is 6.23. The van der Waals surface area contributed by atoms with Crippen LogP contribution < -0.4 is 10.6 Å². The Hall–Kier alpha value is -7.50. The number of amides is 4. The number of hydrogen-bond acceptors (Lipinski definition) is 11. The summed E-state index contributed by atoms with van der Waals surface area (Å²) in [4.78, 5) is 83.5. The maximum absolute atomic E-state index is 12.4. The first-order valence-electron chi connectivity index (χ1n) is 19.0. The average molecular weight is 833 g/mol. The van der Waals surface area contributed by atoms with E-state index in [-0.39, 0.29) is 17.7 Å². The lowest BCUT2D eigenvalue weighted by Crippen LogP contribution is -2.39. The first-order chi connectivity index (χ1) is 28.7. The summed E-state index contributed by atoms with van der Waals surface area (Å²) >= 11 is 0. The largest absolute Gasteiger partial charge is 0.480 e. The molecule has 0 fully saturated rings. The van der Waals surface area contributed by atoms with Gasteiger partial charge < -0.3 is 30.3 Å². The van der Waals surface area contributed by atoms with Gasteiger partial charge in [0, 0.05) is 74.0 Å². The summed E-state index contributed by atoms with van der Waals surface area (Å²) in [6.07, 6.45) is 0. The molecule has 4 aromatic heterocycles. The van der Waals surface area contributed by atoms with Gasteiger partial charge in [0.2, 0.25) is 0 Å². The fourth-order valence-corrected chi connectivity index (χ4v) is 6.23. The Morgan fingerprint density at radius 3 is 1.36 bits per heavy atom. The third-order valence-electron chi connectivity index (χ3n) is 9.61. The van der Waals surface area contributed by atoms with Crippen molar-refractivity contribution in [1.82, 2.24) is 49.6 Å². The van der Waals surface area contributed by atoms with Crippen molar-refractivity contribution in [2.24, 2.45) is 0 Å².